The summed E-state index contributed by atoms with van der Waals surface area (Å²) in [5, 5.41) is 0.311. The van der Waals surface area contributed by atoms with Crippen molar-refractivity contribution in [3.63, 3.8) is 0 Å². The predicted octanol–water partition coefficient (Wildman–Crippen LogP) is 5.63. The second-order valence-electron chi connectivity index (χ2n) is 6.27. The van der Waals surface area contributed by atoms with Gasteiger partial charge in [-0.15, -0.1) is 11.8 Å². The normalized spacial score (nSPS) is 11.1. The summed E-state index contributed by atoms with van der Waals surface area (Å²) in [5.74, 6) is -0.0954. The standard InChI is InChI=1S/C21H16F2N2O2S2/c22-15-9-17(23)20-18(10-15)29-21(24-20)25(11-16-7-4-8-27-16)19(26)13-28-12-14-5-2-1-3-6-14/h1-10H,11-13H2. The molecule has 0 fully saturated rings. The number of furan rings is 1. The molecule has 29 heavy (non-hydrogen) atoms. The Morgan fingerprint density at radius 2 is 1.97 bits per heavy atom. The van der Waals surface area contributed by atoms with Crippen LogP contribution in [0.1, 0.15) is 11.3 Å². The van der Waals surface area contributed by atoms with Gasteiger partial charge in [-0.05, 0) is 23.8 Å². The van der Waals surface area contributed by atoms with Gasteiger partial charge < -0.3 is 4.42 Å². The molecule has 4 nitrogen and oxygen atoms in total. The van der Waals surface area contributed by atoms with Crippen LogP contribution in [0.3, 0.4) is 0 Å². The fraction of sp³-hybridized carbons (Fsp3) is 0.143. The Kier molecular flexibility index (Phi) is 5.92. The van der Waals surface area contributed by atoms with E-state index in [1.165, 1.54) is 29.0 Å². The molecule has 0 N–H and O–H groups in total. The number of halogens is 2. The Labute approximate surface area is 174 Å². The van der Waals surface area contributed by atoms with Gasteiger partial charge in [-0.25, -0.2) is 13.8 Å². The highest BCUT2D eigenvalue weighted by atomic mass is 32.2. The van der Waals surface area contributed by atoms with Crippen LogP contribution in [-0.2, 0) is 17.1 Å². The molecule has 0 spiro atoms. The number of aromatic nitrogens is 1. The molecule has 2 aromatic carbocycles. The molecule has 0 atom stereocenters. The topological polar surface area (TPSA) is 46.3 Å². The summed E-state index contributed by atoms with van der Waals surface area (Å²) in [6.07, 6.45) is 1.52. The van der Waals surface area contributed by atoms with Crippen LogP contribution < -0.4 is 4.90 Å². The van der Waals surface area contributed by atoms with Crippen LogP contribution in [0.25, 0.3) is 10.2 Å². The van der Waals surface area contributed by atoms with E-state index in [0.29, 0.717) is 21.3 Å². The van der Waals surface area contributed by atoms with E-state index in [0.717, 1.165) is 23.0 Å². The summed E-state index contributed by atoms with van der Waals surface area (Å²) in [5.41, 5.74) is 1.18. The quantitative estimate of drug-likeness (QED) is 0.381. The van der Waals surface area contributed by atoms with Gasteiger partial charge in [-0.3, -0.25) is 9.69 Å². The number of carbonyl (C=O) groups excluding carboxylic acids is 1. The molecule has 8 heteroatoms. The fourth-order valence-electron chi connectivity index (χ4n) is 2.79. The van der Waals surface area contributed by atoms with E-state index in [1.54, 1.807) is 12.1 Å². The molecule has 4 rings (SSSR count). The predicted molar refractivity (Wildman–Crippen MR) is 112 cm³/mol. The first-order valence-electron chi connectivity index (χ1n) is 8.80. The van der Waals surface area contributed by atoms with Crippen LogP contribution in [0.5, 0.6) is 0 Å². The minimum absolute atomic E-state index is 0.0561. The third kappa shape index (κ3) is 4.65. The number of rotatable bonds is 7. The van der Waals surface area contributed by atoms with Crippen molar-refractivity contribution in [3.05, 3.63) is 83.8 Å². The van der Waals surface area contributed by atoms with Crippen molar-refractivity contribution in [2.45, 2.75) is 12.3 Å². The first-order valence-corrected chi connectivity index (χ1v) is 10.8. The number of anilines is 1. The maximum absolute atomic E-state index is 14.1. The summed E-state index contributed by atoms with van der Waals surface area (Å²) >= 11 is 2.56. The number of hydrogen-bond donors (Lipinski definition) is 0. The Balaban J connectivity index is 1.56. The molecule has 0 aliphatic heterocycles. The first-order chi connectivity index (χ1) is 14.1. The molecule has 2 aromatic heterocycles. The molecular weight excluding hydrogens is 414 g/mol. The van der Waals surface area contributed by atoms with E-state index >= 15 is 0 Å². The maximum Gasteiger partial charge on any atom is 0.239 e. The Hall–Kier alpha value is -2.71. The van der Waals surface area contributed by atoms with Gasteiger partial charge in [-0.1, -0.05) is 41.7 Å². The van der Waals surface area contributed by atoms with E-state index in [-0.39, 0.29) is 23.7 Å². The summed E-state index contributed by atoms with van der Waals surface area (Å²) in [4.78, 5) is 18.7. The van der Waals surface area contributed by atoms with Gasteiger partial charge in [0.15, 0.2) is 10.9 Å². The van der Waals surface area contributed by atoms with Crippen LogP contribution in [0.2, 0.25) is 0 Å². The van der Waals surface area contributed by atoms with Crippen molar-refractivity contribution in [2.24, 2.45) is 0 Å². The molecule has 4 aromatic rings. The highest BCUT2D eigenvalue weighted by Gasteiger charge is 2.22. The SMILES string of the molecule is O=C(CSCc1ccccc1)N(Cc1ccco1)c1nc2c(F)cc(F)cc2s1. The minimum atomic E-state index is -0.744. The van der Waals surface area contributed by atoms with E-state index in [2.05, 4.69) is 4.98 Å². The lowest BCUT2D eigenvalue weighted by atomic mass is 10.2. The van der Waals surface area contributed by atoms with E-state index in [1.807, 2.05) is 30.3 Å². The third-order valence-corrected chi connectivity index (χ3v) is 6.18. The zero-order valence-electron chi connectivity index (χ0n) is 15.2. The molecule has 0 aliphatic carbocycles. The number of fused-ring (bicyclic) bond motifs is 1. The highest BCUT2D eigenvalue weighted by Crippen LogP contribution is 2.32. The van der Waals surface area contributed by atoms with Crippen molar-refractivity contribution in [1.29, 1.82) is 0 Å². The molecule has 0 saturated heterocycles. The van der Waals surface area contributed by atoms with Crippen LogP contribution in [-0.4, -0.2) is 16.6 Å². The van der Waals surface area contributed by atoms with Gasteiger partial charge in [0.2, 0.25) is 5.91 Å². The number of benzene rings is 2. The Morgan fingerprint density at radius 3 is 2.72 bits per heavy atom. The maximum atomic E-state index is 14.1. The smallest absolute Gasteiger partial charge is 0.239 e. The number of thioether (sulfide) groups is 1. The largest absolute Gasteiger partial charge is 0.467 e. The van der Waals surface area contributed by atoms with E-state index in [4.69, 9.17) is 4.42 Å². The van der Waals surface area contributed by atoms with E-state index in [9.17, 15) is 13.6 Å². The Morgan fingerprint density at radius 1 is 1.14 bits per heavy atom. The second-order valence-corrected chi connectivity index (χ2v) is 8.26. The fourth-order valence-corrected chi connectivity index (χ4v) is 4.67. The second kappa shape index (κ2) is 8.75. The van der Waals surface area contributed by atoms with Gasteiger partial charge in [0, 0.05) is 11.8 Å². The highest BCUT2D eigenvalue weighted by molar-refractivity contribution is 7.99. The number of hydrogen-bond acceptors (Lipinski definition) is 5. The lowest BCUT2D eigenvalue weighted by molar-refractivity contribution is -0.116. The summed E-state index contributed by atoms with van der Waals surface area (Å²) in [6.45, 7) is 0.168. The number of nitrogens with zero attached hydrogens (tertiary/aromatic N) is 2. The third-order valence-electron chi connectivity index (χ3n) is 4.16. The zero-order valence-corrected chi connectivity index (χ0v) is 16.8. The molecule has 2 heterocycles. The summed E-state index contributed by atoms with van der Waals surface area (Å²) in [6, 6.07) is 15.4. The van der Waals surface area contributed by atoms with Crippen molar-refractivity contribution in [1.82, 2.24) is 4.98 Å². The molecule has 0 unspecified atom stereocenters. The monoisotopic (exact) mass is 430 g/mol. The van der Waals surface area contributed by atoms with Gasteiger partial charge in [-0.2, -0.15) is 0 Å². The molecule has 148 valence electrons. The molecule has 0 aliphatic rings. The van der Waals surface area contributed by atoms with Gasteiger partial charge in [0.05, 0.1) is 23.3 Å². The average Bonchev–Trinajstić information content (AvgIpc) is 3.36. The Bertz CT molecular complexity index is 1110. The lowest BCUT2D eigenvalue weighted by Gasteiger charge is -2.18. The van der Waals surface area contributed by atoms with Gasteiger partial charge in [0.25, 0.3) is 0 Å². The molecule has 0 radical (unpaired) electrons. The minimum Gasteiger partial charge on any atom is -0.467 e. The van der Waals surface area contributed by atoms with Crippen molar-refractivity contribution in [3.8, 4) is 0 Å². The molecule has 1 amide bonds. The number of thiazole rings is 1. The zero-order chi connectivity index (χ0) is 20.2. The van der Waals surface area contributed by atoms with Crippen molar-refractivity contribution < 1.29 is 18.0 Å². The van der Waals surface area contributed by atoms with E-state index < -0.39 is 11.6 Å². The number of carbonyl (C=O) groups is 1. The van der Waals surface area contributed by atoms with Gasteiger partial charge in [0.1, 0.15) is 17.1 Å². The number of amides is 1. The van der Waals surface area contributed by atoms with Crippen molar-refractivity contribution in [2.75, 3.05) is 10.7 Å². The lowest BCUT2D eigenvalue weighted by Crippen LogP contribution is -2.31. The van der Waals surface area contributed by atoms with Crippen molar-refractivity contribution >= 4 is 44.4 Å². The molecule has 0 saturated carbocycles. The van der Waals surface area contributed by atoms with Crippen LogP contribution in [0.15, 0.2) is 65.3 Å². The molecule has 0 bridgehead atoms. The van der Waals surface area contributed by atoms with Gasteiger partial charge >= 0.3 is 0 Å². The first kappa shape index (κ1) is 19.6. The van der Waals surface area contributed by atoms with Crippen LogP contribution in [0.4, 0.5) is 13.9 Å². The average molecular weight is 431 g/mol. The summed E-state index contributed by atoms with van der Waals surface area (Å²) < 4.78 is 33.3. The summed E-state index contributed by atoms with van der Waals surface area (Å²) in [7, 11) is 0. The van der Waals surface area contributed by atoms with Crippen LogP contribution in [0, 0.1) is 11.6 Å². The molecular formula is C21H16F2N2O2S2. The van der Waals surface area contributed by atoms with Crippen LogP contribution >= 0.6 is 23.1 Å².